The molecule has 1 amide bonds. The summed E-state index contributed by atoms with van der Waals surface area (Å²) in [6.45, 7) is 1.46. The molecule has 0 heterocycles. The molecule has 0 aliphatic rings. The number of anilines is 1. The zero-order chi connectivity index (χ0) is 16.8. The molecule has 0 bridgehead atoms. The number of hydrogen-bond acceptors (Lipinski definition) is 4. The van der Waals surface area contributed by atoms with E-state index in [9.17, 15) is 9.59 Å². The van der Waals surface area contributed by atoms with Gasteiger partial charge in [0.15, 0.2) is 0 Å². The monoisotopic (exact) mass is 350 g/mol. The molecule has 0 aliphatic carbocycles. The third-order valence-corrected chi connectivity index (χ3v) is 3.54. The van der Waals surface area contributed by atoms with E-state index in [1.54, 1.807) is 36.4 Å². The number of halogens is 2. The SMILES string of the molecule is CC(=NOC(=O)Nc1ccc(Cl)c(Cl)c1)C(=O)c1ccccc1. The van der Waals surface area contributed by atoms with Crippen LogP contribution in [-0.4, -0.2) is 17.6 Å². The Morgan fingerprint density at radius 2 is 1.74 bits per heavy atom. The van der Waals surface area contributed by atoms with Gasteiger partial charge in [-0.05, 0) is 25.1 Å². The first-order valence-electron chi connectivity index (χ1n) is 6.55. The Kier molecular flexibility index (Phi) is 5.73. The number of ketones is 1. The summed E-state index contributed by atoms with van der Waals surface area (Å²) in [5.74, 6) is -0.326. The van der Waals surface area contributed by atoms with Gasteiger partial charge in [-0.3, -0.25) is 14.9 Å². The highest BCUT2D eigenvalue weighted by molar-refractivity contribution is 6.45. The number of carbonyl (C=O) groups excluding carboxylic acids is 2. The summed E-state index contributed by atoms with van der Waals surface area (Å²) in [6.07, 6.45) is -0.844. The van der Waals surface area contributed by atoms with Gasteiger partial charge in [-0.25, -0.2) is 4.79 Å². The number of benzene rings is 2. The number of carbonyl (C=O) groups is 2. The molecule has 0 saturated heterocycles. The van der Waals surface area contributed by atoms with E-state index in [-0.39, 0.29) is 11.5 Å². The van der Waals surface area contributed by atoms with Crippen LogP contribution >= 0.6 is 23.2 Å². The molecule has 23 heavy (non-hydrogen) atoms. The summed E-state index contributed by atoms with van der Waals surface area (Å²) in [4.78, 5) is 28.3. The summed E-state index contributed by atoms with van der Waals surface area (Å²) in [5, 5.41) is 6.62. The number of nitrogens with zero attached hydrogens (tertiary/aromatic N) is 1. The first-order chi connectivity index (χ1) is 11.0. The van der Waals surface area contributed by atoms with Gasteiger partial charge in [-0.2, -0.15) is 0 Å². The number of Topliss-reactive ketones (excluding diaryl/α,β-unsaturated/α-hetero) is 1. The number of oxime groups is 1. The molecular formula is C16H12Cl2N2O3. The number of rotatable bonds is 4. The Bertz CT molecular complexity index is 761. The van der Waals surface area contributed by atoms with Crippen LogP contribution in [0.4, 0.5) is 10.5 Å². The molecule has 0 spiro atoms. The van der Waals surface area contributed by atoms with Crippen molar-refractivity contribution in [2.75, 3.05) is 5.32 Å². The maximum atomic E-state index is 12.0. The molecule has 1 N–H and O–H groups in total. The molecule has 0 fully saturated rings. The lowest BCUT2D eigenvalue weighted by atomic mass is 10.1. The predicted molar refractivity (Wildman–Crippen MR) is 90.4 cm³/mol. The molecule has 0 saturated carbocycles. The predicted octanol–water partition coefficient (Wildman–Crippen LogP) is 4.80. The van der Waals surface area contributed by atoms with Crippen LogP contribution in [0, 0.1) is 0 Å². The van der Waals surface area contributed by atoms with Crippen molar-refractivity contribution in [3.05, 3.63) is 64.1 Å². The second-order valence-electron chi connectivity index (χ2n) is 4.50. The van der Waals surface area contributed by atoms with Crippen LogP contribution in [0.25, 0.3) is 0 Å². The quantitative estimate of drug-likeness (QED) is 0.372. The maximum Gasteiger partial charge on any atom is 0.437 e. The largest absolute Gasteiger partial charge is 0.437 e. The molecule has 118 valence electrons. The fourth-order valence-electron chi connectivity index (χ4n) is 1.66. The van der Waals surface area contributed by atoms with Crippen LogP contribution in [0.15, 0.2) is 53.7 Å². The Labute approximate surface area is 142 Å². The average molecular weight is 351 g/mol. The van der Waals surface area contributed by atoms with Crippen LogP contribution < -0.4 is 5.32 Å². The molecule has 0 radical (unpaired) electrons. The Hall–Kier alpha value is -2.37. The zero-order valence-electron chi connectivity index (χ0n) is 12.0. The highest BCUT2D eigenvalue weighted by Gasteiger charge is 2.11. The molecule has 7 heteroatoms. The van der Waals surface area contributed by atoms with E-state index in [1.165, 1.54) is 19.1 Å². The number of hydrogen-bond donors (Lipinski definition) is 1. The molecule has 5 nitrogen and oxygen atoms in total. The lowest BCUT2D eigenvalue weighted by Gasteiger charge is -2.05. The molecule has 2 aromatic rings. The minimum atomic E-state index is -0.844. The van der Waals surface area contributed by atoms with E-state index in [2.05, 4.69) is 15.3 Å². The van der Waals surface area contributed by atoms with Gasteiger partial charge in [-0.1, -0.05) is 58.7 Å². The minimum Gasteiger partial charge on any atom is -0.297 e. The van der Waals surface area contributed by atoms with E-state index in [4.69, 9.17) is 23.2 Å². The van der Waals surface area contributed by atoms with Crippen LogP contribution in [-0.2, 0) is 4.84 Å². The van der Waals surface area contributed by atoms with Crippen molar-refractivity contribution in [1.29, 1.82) is 0 Å². The first-order valence-corrected chi connectivity index (χ1v) is 7.30. The maximum absolute atomic E-state index is 12.0. The van der Waals surface area contributed by atoms with E-state index in [0.717, 1.165) is 0 Å². The Morgan fingerprint density at radius 3 is 2.39 bits per heavy atom. The van der Waals surface area contributed by atoms with Gasteiger partial charge in [0.1, 0.15) is 5.71 Å². The van der Waals surface area contributed by atoms with Crippen LogP contribution in [0.5, 0.6) is 0 Å². The van der Waals surface area contributed by atoms with Gasteiger partial charge in [0, 0.05) is 11.3 Å². The highest BCUT2D eigenvalue weighted by atomic mass is 35.5. The summed E-state index contributed by atoms with van der Waals surface area (Å²) < 4.78 is 0. The number of nitrogens with one attached hydrogen (secondary N) is 1. The second-order valence-corrected chi connectivity index (χ2v) is 5.32. The topological polar surface area (TPSA) is 67.8 Å². The molecular weight excluding hydrogens is 339 g/mol. The number of amides is 1. The molecule has 0 aliphatic heterocycles. The lowest BCUT2D eigenvalue weighted by Crippen LogP contribution is -2.15. The van der Waals surface area contributed by atoms with Crippen molar-refractivity contribution in [2.45, 2.75) is 6.92 Å². The van der Waals surface area contributed by atoms with Gasteiger partial charge < -0.3 is 0 Å². The van der Waals surface area contributed by atoms with Crippen LogP contribution in [0.2, 0.25) is 10.0 Å². The van der Waals surface area contributed by atoms with Crippen molar-refractivity contribution < 1.29 is 14.4 Å². The van der Waals surface area contributed by atoms with Gasteiger partial charge in [0.2, 0.25) is 5.78 Å². The van der Waals surface area contributed by atoms with Gasteiger partial charge in [0.05, 0.1) is 10.0 Å². The summed E-state index contributed by atoms with van der Waals surface area (Å²) >= 11 is 11.6. The van der Waals surface area contributed by atoms with Gasteiger partial charge in [0.25, 0.3) is 0 Å². The summed E-state index contributed by atoms with van der Waals surface area (Å²) in [7, 11) is 0. The van der Waals surface area contributed by atoms with Crippen molar-refractivity contribution in [3.63, 3.8) is 0 Å². The third kappa shape index (κ3) is 4.81. The zero-order valence-corrected chi connectivity index (χ0v) is 13.6. The molecule has 0 atom stereocenters. The minimum absolute atomic E-state index is 0.0560. The van der Waals surface area contributed by atoms with E-state index in [0.29, 0.717) is 21.3 Å². The van der Waals surface area contributed by atoms with Crippen molar-refractivity contribution in [3.8, 4) is 0 Å². The van der Waals surface area contributed by atoms with Crippen molar-refractivity contribution in [2.24, 2.45) is 5.16 Å². The normalized spacial score (nSPS) is 11.0. The van der Waals surface area contributed by atoms with Gasteiger partial charge >= 0.3 is 6.09 Å². The second kappa shape index (κ2) is 7.76. The van der Waals surface area contributed by atoms with E-state index >= 15 is 0 Å². The lowest BCUT2D eigenvalue weighted by molar-refractivity contribution is 0.105. The summed E-state index contributed by atoms with van der Waals surface area (Å²) in [5.41, 5.74) is 0.911. The molecule has 0 unspecified atom stereocenters. The van der Waals surface area contributed by atoms with Gasteiger partial charge in [-0.15, -0.1) is 0 Å². The Morgan fingerprint density at radius 1 is 1.04 bits per heavy atom. The van der Waals surface area contributed by atoms with Crippen LogP contribution in [0.3, 0.4) is 0 Å². The smallest absolute Gasteiger partial charge is 0.297 e. The average Bonchev–Trinajstić information content (AvgIpc) is 2.56. The van der Waals surface area contributed by atoms with Crippen molar-refractivity contribution in [1.82, 2.24) is 0 Å². The molecule has 0 aromatic heterocycles. The fourth-order valence-corrected chi connectivity index (χ4v) is 1.96. The van der Waals surface area contributed by atoms with E-state index < -0.39 is 6.09 Å². The summed E-state index contributed by atoms with van der Waals surface area (Å²) in [6, 6.07) is 13.1. The first kappa shape index (κ1) is 17.0. The third-order valence-electron chi connectivity index (χ3n) is 2.80. The fraction of sp³-hybridized carbons (Fsp3) is 0.0625. The van der Waals surface area contributed by atoms with E-state index in [1.807, 2.05) is 0 Å². The van der Waals surface area contributed by atoms with Crippen LogP contribution in [0.1, 0.15) is 17.3 Å². The molecule has 2 aromatic carbocycles. The van der Waals surface area contributed by atoms with Crippen molar-refractivity contribution >= 4 is 46.5 Å². The Balaban J connectivity index is 1.97. The standard InChI is InChI=1S/C16H12Cl2N2O3/c1-10(15(21)11-5-3-2-4-6-11)20-23-16(22)19-12-7-8-13(17)14(18)9-12/h2-9H,1H3,(H,19,22). The molecule has 2 rings (SSSR count). The highest BCUT2D eigenvalue weighted by Crippen LogP contribution is 2.25.